The van der Waals surface area contributed by atoms with E-state index in [-0.39, 0.29) is 5.82 Å². The Morgan fingerprint density at radius 1 is 1.03 bits per heavy atom. The molecule has 1 N–H and O–H groups in total. The highest BCUT2D eigenvalue weighted by atomic mass is 19.1. The Morgan fingerprint density at radius 2 is 1.68 bits per heavy atom. The van der Waals surface area contributed by atoms with E-state index < -0.39 is 0 Å². The third kappa shape index (κ3) is 6.75. The van der Waals surface area contributed by atoms with Gasteiger partial charge in [0.2, 0.25) is 0 Å². The zero-order valence-corrected chi connectivity index (χ0v) is 21.0. The van der Waals surface area contributed by atoms with Crippen LogP contribution in [0.3, 0.4) is 0 Å². The van der Waals surface area contributed by atoms with Crippen LogP contribution < -0.4 is 10.1 Å². The number of likely N-dealkylation sites (tertiary alicyclic amines) is 1. The molecule has 0 atom stereocenters. The van der Waals surface area contributed by atoms with Gasteiger partial charge in [-0.2, -0.15) is 0 Å². The number of nitrogens with zero attached hydrogens (tertiary/aromatic N) is 2. The molecule has 0 bridgehead atoms. The topological polar surface area (TPSA) is 27.7 Å². The summed E-state index contributed by atoms with van der Waals surface area (Å²) in [6, 6.07) is 16.0. The van der Waals surface area contributed by atoms with Gasteiger partial charge in [-0.1, -0.05) is 38.1 Å². The van der Waals surface area contributed by atoms with Gasteiger partial charge in [-0.25, -0.2) is 4.39 Å². The van der Waals surface area contributed by atoms with Crippen molar-refractivity contribution >= 4 is 0 Å². The van der Waals surface area contributed by atoms with Gasteiger partial charge >= 0.3 is 0 Å². The molecule has 1 heterocycles. The Morgan fingerprint density at radius 3 is 2.26 bits per heavy atom. The smallest absolute Gasteiger partial charge is 0.123 e. The molecular formula is C29H40FN3O. The van der Waals surface area contributed by atoms with Gasteiger partial charge in [0, 0.05) is 19.1 Å². The molecule has 2 fully saturated rings. The minimum Gasteiger partial charge on any atom is -0.493 e. The first-order valence-electron chi connectivity index (χ1n) is 12.8. The molecule has 2 aromatic rings. The summed E-state index contributed by atoms with van der Waals surface area (Å²) < 4.78 is 19.4. The van der Waals surface area contributed by atoms with E-state index >= 15 is 0 Å². The van der Waals surface area contributed by atoms with Crippen LogP contribution in [0.5, 0.6) is 5.75 Å². The molecule has 184 valence electrons. The van der Waals surface area contributed by atoms with Crippen molar-refractivity contribution in [2.24, 2.45) is 5.92 Å². The number of hydrogen-bond acceptors (Lipinski definition) is 4. The summed E-state index contributed by atoms with van der Waals surface area (Å²) in [6.07, 6.45) is 5.89. The molecule has 0 unspecified atom stereocenters. The maximum Gasteiger partial charge on any atom is 0.123 e. The molecule has 1 saturated heterocycles. The quantitative estimate of drug-likeness (QED) is 0.470. The van der Waals surface area contributed by atoms with Crippen LogP contribution in [0.1, 0.15) is 57.1 Å². The molecular weight excluding hydrogens is 425 g/mol. The van der Waals surface area contributed by atoms with Crippen molar-refractivity contribution < 1.29 is 9.13 Å². The Hall–Kier alpha value is -2.53. The van der Waals surface area contributed by atoms with E-state index in [1.165, 1.54) is 23.4 Å². The van der Waals surface area contributed by atoms with Gasteiger partial charge in [-0.3, -0.25) is 0 Å². The number of rotatable bonds is 10. The number of benzene rings is 2. The molecule has 4 rings (SSSR count). The fraction of sp³-hybridized carbons (Fsp3) is 0.517. The third-order valence-electron chi connectivity index (χ3n) is 6.94. The van der Waals surface area contributed by atoms with Crippen molar-refractivity contribution in [3.63, 3.8) is 0 Å². The minimum atomic E-state index is -0.175. The summed E-state index contributed by atoms with van der Waals surface area (Å²) in [5, 5.41) is 3.82. The molecule has 5 heteroatoms. The van der Waals surface area contributed by atoms with Crippen molar-refractivity contribution in [2.75, 3.05) is 26.7 Å². The summed E-state index contributed by atoms with van der Waals surface area (Å²) >= 11 is 0. The van der Waals surface area contributed by atoms with Gasteiger partial charge in [0.1, 0.15) is 17.4 Å². The summed E-state index contributed by atoms with van der Waals surface area (Å²) in [5.74, 6) is 2.57. The normalized spacial score (nSPS) is 16.9. The first-order chi connectivity index (χ1) is 16.5. The molecule has 2 aromatic carbocycles. The molecule has 0 radical (unpaired) electrons. The SMILES string of the molecule is CC(C)COc1ccc(CNC(=C2CCC2)N(Cc2ccc(F)cc2)C2CCN(C)CC2)cc1. The molecule has 1 saturated carbocycles. The second-order valence-electron chi connectivity index (χ2n) is 10.3. The lowest BCUT2D eigenvalue weighted by Gasteiger charge is -2.42. The molecule has 0 aromatic heterocycles. The lowest BCUT2D eigenvalue weighted by atomic mass is 9.90. The Labute approximate surface area is 204 Å². The zero-order chi connectivity index (χ0) is 23.9. The summed E-state index contributed by atoms with van der Waals surface area (Å²) in [6.45, 7) is 8.89. The van der Waals surface area contributed by atoms with Crippen molar-refractivity contribution in [3.05, 3.63) is 76.9 Å². The first kappa shape index (κ1) is 24.6. The first-order valence-corrected chi connectivity index (χ1v) is 12.8. The molecule has 34 heavy (non-hydrogen) atoms. The lowest BCUT2D eigenvalue weighted by Crippen LogP contribution is -2.46. The number of hydrogen-bond donors (Lipinski definition) is 1. The van der Waals surface area contributed by atoms with Crippen molar-refractivity contribution in [1.29, 1.82) is 0 Å². The van der Waals surface area contributed by atoms with E-state index in [1.807, 2.05) is 12.1 Å². The van der Waals surface area contributed by atoms with Gasteiger partial charge in [0.15, 0.2) is 0 Å². The summed E-state index contributed by atoms with van der Waals surface area (Å²) in [7, 11) is 2.21. The number of halogens is 1. The van der Waals surface area contributed by atoms with Crippen LogP contribution >= 0.6 is 0 Å². The van der Waals surface area contributed by atoms with E-state index in [0.29, 0.717) is 12.0 Å². The summed E-state index contributed by atoms with van der Waals surface area (Å²) in [5.41, 5.74) is 3.93. The minimum absolute atomic E-state index is 0.175. The number of ether oxygens (including phenoxy) is 1. The summed E-state index contributed by atoms with van der Waals surface area (Å²) in [4.78, 5) is 4.99. The Kier molecular flexibility index (Phi) is 8.49. The van der Waals surface area contributed by atoms with Crippen LogP contribution in [-0.2, 0) is 13.1 Å². The fourth-order valence-electron chi connectivity index (χ4n) is 4.66. The number of allylic oxidation sites excluding steroid dienone is 1. The number of piperidine rings is 1. The highest BCUT2D eigenvalue weighted by Crippen LogP contribution is 2.33. The Bertz CT molecular complexity index is 925. The number of nitrogens with one attached hydrogen (secondary N) is 1. The van der Waals surface area contributed by atoms with Crippen LogP contribution in [0, 0.1) is 11.7 Å². The van der Waals surface area contributed by atoms with E-state index in [4.69, 9.17) is 4.74 Å². The molecule has 0 spiro atoms. The lowest BCUT2D eigenvalue weighted by molar-refractivity contribution is 0.134. The van der Waals surface area contributed by atoms with E-state index in [9.17, 15) is 4.39 Å². The molecule has 0 amide bonds. The second-order valence-corrected chi connectivity index (χ2v) is 10.3. The van der Waals surface area contributed by atoms with Crippen molar-refractivity contribution in [2.45, 2.75) is 65.1 Å². The third-order valence-corrected chi connectivity index (χ3v) is 6.94. The predicted molar refractivity (Wildman–Crippen MR) is 137 cm³/mol. The van der Waals surface area contributed by atoms with E-state index in [0.717, 1.165) is 69.8 Å². The van der Waals surface area contributed by atoms with Gasteiger partial charge in [-0.05, 0) is 99.1 Å². The second kappa shape index (κ2) is 11.7. The fourth-order valence-corrected chi connectivity index (χ4v) is 4.66. The van der Waals surface area contributed by atoms with Crippen LogP contribution in [0.15, 0.2) is 59.9 Å². The highest BCUT2D eigenvalue weighted by molar-refractivity contribution is 5.28. The van der Waals surface area contributed by atoms with Crippen LogP contribution in [0.2, 0.25) is 0 Å². The zero-order valence-electron chi connectivity index (χ0n) is 21.0. The van der Waals surface area contributed by atoms with Gasteiger partial charge in [-0.15, -0.1) is 0 Å². The molecule has 4 nitrogen and oxygen atoms in total. The standard InChI is InChI=1S/C29H40FN3O/c1-22(2)21-34-28-13-9-23(10-14-28)19-31-29(25-5-4-6-25)33(27-15-17-32(3)18-16-27)20-24-7-11-26(30)12-8-24/h7-14,22,27,31H,4-6,15-21H2,1-3H3. The van der Waals surface area contributed by atoms with Gasteiger partial charge in [0.05, 0.1) is 6.61 Å². The Balaban J connectivity index is 1.50. The van der Waals surface area contributed by atoms with E-state index in [2.05, 4.69) is 60.3 Å². The van der Waals surface area contributed by atoms with Crippen molar-refractivity contribution in [3.8, 4) is 5.75 Å². The van der Waals surface area contributed by atoms with Crippen LogP contribution in [-0.4, -0.2) is 42.6 Å². The molecule has 1 aliphatic heterocycles. The van der Waals surface area contributed by atoms with Crippen molar-refractivity contribution in [1.82, 2.24) is 15.1 Å². The average molecular weight is 466 g/mol. The predicted octanol–water partition coefficient (Wildman–Crippen LogP) is 5.94. The monoisotopic (exact) mass is 465 g/mol. The van der Waals surface area contributed by atoms with Crippen LogP contribution in [0.25, 0.3) is 0 Å². The van der Waals surface area contributed by atoms with Crippen LogP contribution in [0.4, 0.5) is 4.39 Å². The van der Waals surface area contributed by atoms with Gasteiger partial charge < -0.3 is 19.9 Å². The largest absolute Gasteiger partial charge is 0.493 e. The maximum atomic E-state index is 13.5. The molecule has 1 aliphatic carbocycles. The average Bonchev–Trinajstić information content (AvgIpc) is 2.80. The maximum absolute atomic E-state index is 13.5. The van der Waals surface area contributed by atoms with E-state index in [1.54, 1.807) is 12.1 Å². The van der Waals surface area contributed by atoms with Gasteiger partial charge in [0.25, 0.3) is 0 Å². The highest BCUT2D eigenvalue weighted by Gasteiger charge is 2.28. The molecule has 2 aliphatic rings.